The number of fused-ring (bicyclic) bond motifs is 5. The second-order valence-electron chi connectivity index (χ2n) is 13.0. The number of nitrogens with zero attached hydrogens (tertiary/aromatic N) is 5. The van der Waals surface area contributed by atoms with Crippen molar-refractivity contribution in [2.45, 2.75) is 5.41 Å². The van der Waals surface area contributed by atoms with Crippen molar-refractivity contribution < 1.29 is 0 Å². The lowest BCUT2D eigenvalue weighted by molar-refractivity contribution is 0.849. The lowest BCUT2D eigenvalue weighted by Crippen LogP contribution is -2.37. The van der Waals surface area contributed by atoms with Crippen LogP contribution >= 0.6 is 0 Å². The predicted molar refractivity (Wildman–Crippen MR) is 210 cm³/mol. The summed E-state index contributed by atoms with van der Waals surface area (Å²) in [6, 6.07) is 65.4. The number of hydrogen-bond donors (Lipinski definition) is 0. The van der Waals surface area contributed by atoms with Gasteiger partial charge in [-0.15, -0.1) is 0 Å². The van der Waals surface area contributed by atoms with E-state index >= 15 is 0 Å². The van der Waals surface area contributed by atoms with Crippen LogP contribution in [0, 0.1) is 0 Å². The lowest BCUT2D eigenvalue weighted by Gasteiger charge is -2.34. The molecule has 0 N–H and O–H groups in total. The van der Waals surface area contributed by atoms with Gasteiger partial charge in [-0.2, -0.15) is 9.97 Å². The quantitative estimate of drug-likeness (QED) is 0.178. The van der Waals surface area contributed by atoms with Crippen molar-refractivity contribution in [3.8, 4) is 28.7 Å². The van der Waals surface area contributed by atoms with E-state index < -0.39 is 5.41 Å². The molecule has 0 bridgehead atoms. The first-order valence-electron chi connectivity index (χ1n) is 17.5. The number of rotatable bonds is 6. The van der Waals surface area contributed by atoms with E-state index in [0.717, 1.165) is 66.6 Å². The van der Waals surface area contributed by atoms with Gasteiger partial charge in [0, 0.05) is 27.5 Å². The van der Waals surface area contributed by atoms with Crippen LogP contribution in [-0.2, 0) is 5.41 Å². The molecule has 0 unspecified atom stereocenters. The molecule has 0 aliphatic carbocycles. The summed E-state index contributed by atoms with van der Waals surface area (Å²) in [6.07, 6.45) is 0. The highest BCUT2D eigenvalue weighted by atomic mass is 15.2. The Bertz CT molecular complexity index is 2660. The van der Waals surface area contributed by atoms with Crippen molar-refractivity contribution in [2.24, 2.45) is 4.99 Å². The predicted octanol–water partition coefficient (Wildman–Crippen LogP) is 10.8. The molecule has 2 aromatic heterocycles. The van der Waals surface area contributed by atoms with Gasteiger partial charge in [0.15, 0.2) is 11.6 Å². The van der Waals surface area contributed by atoms with Gasteiger partial charge in [0.2, 0.25) is 5.95 Å². The van der Waals surface area contributed by atoms with Crippen LogP contribution in [0.2, 0.25) is 0 Å². The van der Waals surface area contributed by atoms with E-state index in [1.165, 1.54) is 0 Å². The number of hydrogen-bond acceptors (Lipinski definition) is 4. The number of para-hydroxylation sites is 1. The minimum Gasteiger partial charge on any atom is -0.277 e. The molecule has 5 nitrogen and oxygen atoms in total. The zero-order valence-electron chi connectivity index (χ0n) is 28.1. The summed E-state index contributed by atoms with van der Waals surface area (Å²) in [4.78, 5) is 21.1. The SMILES string of the molecule is c1ccc(C2=Nc3ccc4c5ccccc5n(-c5nc(-c6ccccc6)nc(-c6ccccc6)n5)c4c3C2(c2ccccc2)c2ccccc2)cc1. The Balaban J connectivity index is 1.38. The molecule has 52 heavy (non-hydrogen) atoms. The molecule has 0 fully saturated rings. The Kier molecular flexibility index (Phi) is 6.96. The first kappa shape index (κ1) is 29.9. The second kappa shape index (κ2) is 12.1. The summed E-state index contributed by atoms with van der Waals surface area (Å²) in [5.74, 6) is 1.78. The molecule has 1 aliphatic heterocycles. The Hall–Kier alpha value is -6.98. The van der Waals surface area contributed by atoms with E-state index in [4.69, 9.17) is 19.9 Å². The molecule has 0 saturated carbocycles. The first-order valence-corrected chi connectivity index (χ1v) is 17.5. The molecular weight excluding hydrogens is 635 g/mol. The van der Waals surface area contributed by atoms with Crippen LogP contribution in [0.5, 0.6) is 0 Å². The second-order valence-corrected chi connectivity index (χ2v) is 13.0. The highest BCUT2D eigenvalue weighted by molar-refractivity contribution is 6.22. The van der Waals surface area contributed by atoms with Crippen molar-refractivity contribution in [3.05, 3.63) is 210 Å². The van der Waals surface area contributed by atoms with E-state index in [1.54, 1.807) is 0 Å². The summed E-state index contributed by atoms with van der Waals surface area (Å²) in [5, 5.41) is 2.23. The van der Waals surface area contributed by atoms with Gasteiger partial charge in [0.05, 0.1) is 27.8 Å². The average molecular weight is 666 g/mol. The summed E-state index contributed by atoms with van der Waals surface area (Å²) in [6.45, 7) is 0. The van der Waals surface area contributed by atoms with Gasteiger partial charge in [-0.05, 0) is 28.8 Å². The van der Waals surface area contributed by atoms with Gasteiger partial charge in [-0.25, -0.2) is 4.98 Å². The number of benzene rings is 7. The van der Waals surface area contributed by atoms with Gasteiger partial charge in [0.1, 0.15) is 0 Å². The van der Waals surface area contributed by atoms with Gasteiger partial charge in [0.25, 0.3) is 0 Å². The van der Waals surface area contributed by atoms with E-state index in [1.807, 2.05) is 60.7 Å². The number of aromatic nitrogens is 4. The average Bonchev–Trinajstić information content (AvgIpc) is 3.76. The van der Waals surface area contributed by atoms with Crippen molar-refractivity contribution in [2.75, 3.05) is 0 Å². The smallest absolute Gasteiger partial charge is 0.238 e. The lowest BCUT2D eigenvalue weighted by atomic mass is 9.65. The van der Waals surface area contributed by atoms with Gasteiger partial charge in [-0.1, -0.05) is 176 Å². The zero-order chi connectivity index (χ0) is 34.5. The van der Waals surface area contributed by atoms with Crippen molar-refractivity contribution in [1.82, 2.24) is 19.5 Å². The van der Waals surface area contributed by atoms with Gasteiger partial charge in [-0.3, -0.25) is 9.56 Å². The maximum absolute atomic E-state index is 5.56. The largest absolute Gasteiger partial charge is 0.277 e. The molecule has 9 aromatic rings. The van der Waals surface area contributed by atoms with Crippen LogP contribution in [0.15, 0.2) is 193 Å². The molecule has 0 atom stereocenters. The zero-order valence-corrected chi connectivity index (χ0v) is 28.1. The molecule has 3 heterocycles. The number of aliphatic imine (C=N–C) groups is 1. The Morgan fingerprint density at radius 3 is 1.44 bits per heavy atom. The Labute approximate surface area is 301 Å². The van der Waals surface area contributed by atoms with Crippen molar-refractivity contribution in [3.63, 3.8) is 0 Å². The monoisotopic (exact) mass is 665 g/mol. The van der Waals surface area contributed by atoms with Crippen LogP contribution < -0.4 is 0 Å². The third-order valence-electron chi connectivity index (χ3n) is 10.1. The molecule has 7 aromatic carbocycles. The highest BCUT2D eigenvalue weighted by Crippen LogP contribution is 2.54. The Morgan fingerprint density at radius 2 is 0.885 bits per heavy atom. The molecule has 244 valence electrons. The fourth-order valence-corrected chi connectivity index (χ4v) is 7.92. The van der Waals surface area contributed by atoms with E-state index in [-0.39, 0.29) is 0 Å². The van der Waals surface area contributed by atoms with E-state index in [2.05, 4.69) is 132 Å². The molecular formula is C47H31N5. The fraction of sp³-hybridized carbons (Fsp3) is 0.0213. The molecule has 10 rings (SSSR count). The van der Waals surface area contributed by atoms with Crippen LogP contribution in [0.25, 0.3) is 50.5 Å². The van der Waals surface area contributed by atoms with Crippen LogP contribution in [0.3, 0.4) is 0 Å². The fourth-order valence-electron chi connectivity index (χ4n) is 7.92. The molecule has 0 radical (unpaired) electrons. The third kappa shape index (κ3) is 4.56. The Morgan fingerprint density at radius 1 is 0.404 bits per heavy atom. The highest BCUT2D eigenvalue weighted by Gasteiger charge is 2.49. The normalized spacial score (nSPS) is 13.3. The minimum absolute atomic E-state index is 0.551. The van der Waals surface area contributed by atoms with Crippen LogP contribution in [-0.4, -0.2) is 25.2 Å². The topological polar surface area (TPSA) is 56.0 Å². The van der Waals surface area contributed by atoms with E-state index in [0.29, 0.717) is 17.6 Å². The summed E-state index contributed by atoms with van der Waals surface area (Å²) >= 11 is 0. The standard InChI is InChI=1S/C47H31N5/c1-6-18-32(19-7-1)43-47(35-24-12-4-13-25-35,36-26-14-5-15-27-36)41-39(48-43)31-30-38-37-28-16-17-29-40(37)52(42(38)41)46-50-44(33-20-8-2-9-21-33)49-45(51-46)34-22-10-3-11-23-34/h1-31H. The molecule has 1 aliphatic rings. The third-order valence-corrected chi connectivity index (χ3v) is 10.1. The molecule has 0 saturated heterocycles. The van der Waals surface area contributed by atoms with Crippen LogP contribution in [0.1, 0.15) is 22.3 Å². The van der Waals surface area contributed by atoms with Gasteiger partial charge < -0.3 is 0 Å². The van der Waals surface area contributed by atoms with Crippen molar-refractivity contribution >= 4 is 33.2 Å². The maximum atomic E-state index is 5.56. The van der Waals surface area contributed by atoms with E-state index in [9.17, 15) is 0 Å². The summed E-state index contributed by atoms with van der Waals surface area (Å²) < 4.78 is 2.24. The first-order chi connectivity index (χ1) is 25.8. The molecule has 0 spiro atoms. The molecule has 0 amide bonds. The minimum atomic E-state index is -0.762. The summed E-state index contributed by atoms with van der Waals surface area (Å²) in [5.41, 5.74) is 9.46. The van der Waals surface area contributed by atoms with Crippen molar-refractivity contribution in [1.29, 1.82) is 0 Å². The van der Waals surface area contributed by atoms with Gasteiger partial charge >= 0.3 is 0 Å². The maximum Gasteiger partial charge on any atom is 0.238 e. The van der Waals surface area contributed by atoms with Crippen LogP contribution in [0.4, 0.5) is 5.69 Å². The molecule has 5 heteroatoms. The summed E-state index contributed by atoms with van der Waals surface area (Å²) in [7, 11) is 0.